The molecule has 0 saturated carbocycles. The van der Waals surface area contributed by atoms with Gasteiger partial charge in [0.1, 0.15) is 11.9 Å². The molecule has 0 radical (unpaired) electrons. The SMILES string of the molecule is CN1CCN(C2CCCN(c3cnc(C(N)=O)c(Nc4ccc(N5CC6(C5)CN(c5ccc7c(c5)C(=O)N(C5CCC(=O)NC5=O)C7=O)C6)cc4)n3)C2)C1=O. The van der Waals surface area contributed by atoms with Crippen molar-refractivity contribution in [1.29, 1.82) is 0 Å². The van der Waals surface area contributed by atoms with Gasteiger partial charge in [-0.3, -0.25) is 34.2 Å². The second-order valence-corrected chi connectivity index (χ2v) is 15.5. The Bertz CT molecular complexity index is 2150. The van der Waals surface area contributed by atoms with Crippen molar-refractivity contribution in [1.82, 2.24) is 30.0 Å². The smallest absolute Gasteiger partial charge is 0.320 e. The Balaban J connectivity index is 0.815. The molecule has 7 heterocycles. The highest BCUT2D eigenvalue weighted by Crippen LogP contribution is 2.45. The van der Waals surface area contributed by atoms with Crippen molar-refractivity contribution < 1.29 is 28.8 Å². The lowest BCUT2D eigenvalue weighted by molar-refractivity contribution is -0.136. The van der Waals surface area contributed by atoms with Crippen LogP contribution in [-0.2, 0) is 9.59 Å². The summed E-state index contributed by atoms with van der Waals surface area (Å²) in [6, 6.07) is 12.3. The summed E-state index contributed by atoms with van der Waals surface area (Å²) in [5.41, 5.74) is 9.01. The van der Waals surface area contributed by atoms with Crippen LogP contribution in [0.3, 0.4) is 0 Å². The van der Waals surface area contributed by atoms with Crippen LogP contribution in [0, 0.1) is 5.41 Å². The number of rotatable bonds is 8. The molecule has 2 atom stereocenters. The van der Waals surface area contributed by atoms with E-state index < -0.39 is 35.6 Å². The molecule has 5 saturated heterocycles. The molecular weight excluding hydrogens is 706 g/mol. The van der Waals surface area contributed by atoms with E-state index >= 15 is 0 Å². The van der Waals surface area contributed by atoms with Crippen molar-refractivity contribution in [3.8, 4) is 0 Å². The van der Waals surface area contributed by atoms with Crippen LogP contribution in [0.15, 0.2) is 48.7 Å². The normalized spacial score (nSPS) is 23.3. The summed E-state index contributed by atoms with van der Waals surface area (Å²) in [6.45, 7) is 6.14. The summed E-state index contributed by atoms with van der Waals surface area (Å²) in [4.78, 5) is 95.8. The fourth-order valence-electron chi connectivity index (χ4n) is 8.86. The van der Waals surface area contributed by atoms with Crippen LogP contribution >= 0.6 is 0 Å². The van der Waals surface area contributed by atoms with Crippen molar-refractivity contribution in [2.24, 2.45) is 11.1 Å². The van der Waals surface area contributed by atoms with Crippen molar-refractivity contribution >= 4 is 64.3 Å². The van der Waals surface area contributed by atoms with E-state index in [1.54, 1.807) is 23.2 Å². The molecule has 6 aliphatic rings. The van der Waals surface area contributed by atoms with Crippen LogP contribution in [0.4, 0.5) is 33.5 Å². The average Bonchev–Trinajstić information content (AvgIpc) is 3.60. The largest absolute Gasteiger partial charge is 0.370 e. The maximum absolute atomic E-state index is 13.3. The Labute approximate surface area is 316 Å². The number of benzene rings is 2. The van der Waals surface area contributed by atoms with Crippen LogP contribution in [0.25, 0.3) is 0 Å². The molecule has 4 N–H and O–H groups in total. The number of nitrogens with one attached hydrogen (secondary N) is 2. The number of likely N-dealkylation sites (N-methyl/N-ethyl adjacent to an activating group) is 1. The second kappa shape index (κ2) is 13.0. The molecule has 2 aromatic carbocycles. The van der Waals surface area contributed by atoms with Gasteiger partial charge >= 0.3 is 6.03 Å². The molecule has 17 nitrogen and oxygen atoms in total. The number of hydrogen-bond acceptors (Lipinski definition) is 12. The average molecular weight is 748 g/mol. The van der Waals surface area contributed by atoms with Crippen LogP contribution < -0.4 is 31.1 Å². The first-order valence-electron chi connectivity index (χ1n) is 18.6. The summed E-state index contributed by atoms with van der Waals surface area (Å²) in [5, 5.41) is 5.48. The molecule has 1 spiro atoms. The molecule has 3 aromatic rings. The fourth-order valence-corrected chi connectivity index (χ4v) is 8.86. The minimum absolute atomic E-state index is 0.0444. The minimum atomic E-state index is -0.991. The monoisotopic (exact) mass is 747 g/mol. The highest BCUT2D eigenvalue weighted by Gasteiger charge is 2.52. The van der Waals surface area contributed by atoms with Crippen molar-refractivity contribution in [2.45, 2.75) is 37.8 Å². The van der Waals surface area contributed by atoms with Crippen molar-refractivity contribution in [3.63, 3.8) is 0 Å². The third-order valence-corrected chi connectivity index (χ3v) is 11.8. The maximum atomic E-state index is 13.3. The van der Waals surface area contributed by atoms with Gasteiger partial charge in [0, 0.05) is 88.3 Å². The first-order chi connectivity index (χ1) is 26.5. The molecule has 17 heteroatoms. The van der Waals surface area contributed by atoms with Gasteiger partial charge in [0.15, 0.2) is 11.5 Å². The quantitative estimate of drug-likeness (QED) is 0.281. The van der Waals surface area contributed by atoms with E-state index in [-0.39, 0.29) is 53.0 Å². The van der Waals surface area contributed by atoms with Crippen molar-refractivity contribution in [2.75, 3.05) is 79.4 Å². The number of anilines is 5. The Morgan fingerprint density at radius 1 is 0.873 bits per heavy atom. The van der Waals surface area contributed by atoms with Gasteiger partial charge in [0.2, 0.25) is 11.8 Å². The number of aromatic nitrogens is 2. The number of fused-ring (bicyclic) bond motifs is 1. The lowest BCUT2D eigenvalue weighted by atomic mass is 9.72. The molecule has 1 aromatic heterocycles. The Hall–Kier alpha value is -6.26. The molecule has 9 rings (SSSR count). The highest BCUT2D eigenvalue weighted by atomic mass is 16.2. The molecule has 284 valence electrons. The third-order valence-electron chi connectivity index (χ3n) is 11.8. The van der Waals surface area contributed by atoms with E-state index in [1.807, 2.05) is 42.3 Å². The number of carbonyl (C=O) groups excluding carboxylic acids is 6. The van der Waals surface area contributed by atoms with E-state index in [0.29, 0.717) is 25.5 Å². The molecule has 0 bridgehead atoms. The summed E-state index contributed by atoms with van der Waals surface area (Å²) >= 11 is 0. The molecule has 55 heavy (non-hydrogen) atoms. The predicted octanol–water partition coefficient (Wildman–Crippen LogP) is 1.38. The lowest BCUT2D eigenvalue weighted by Crippen LogP contribution is -2.72. The Kier molecular flexibility index (Phi) is 8.12. The van der Waals surface area contributed by atoms with Gasteiger partial charge in [-0.25, -0.2) is 14.8 Å². The second-order valence-electron chi connectivity index (χ2n) is 15.5. The zero-order valence-corrected chi connectivity index (χ0v) is 30.4. The maximum Gasteiger partial charge on any atom is 0.320 e. The molecule has 0 aliphatic carbocycles. The number of piperidine rings is 2. The zero-order valence-electron chi connectivity index (χ0n) is 30.4. The molecule has 2 unspecified atom stereocenters. The van der Waals surface area contributed by atoms with Gasteiger partial charge in [0.05, 0.1) is 23.4 Å². The fraction of sp³-hybridized carbons (Fsp3) is 0.421. The Morgan fingerprint density at radius 2 is 1.58 bits per heavy atom. The number of primary amides is 1. The number of urea groups is 1. The van der Waals surface area contributed by atoms with Gasteiger partial charge in [-0.2, -0.15) is 0 Å². The van der Waals surface area contributed by atoms with E-state index in [2.05, 4.69) is 30.3 Å². The molecule has 6 aliphatic heterocycles. The summed E-state index contributed by atoms with van der Waals surface area (Å²) in [7, 11) is 1.82. The predicted molar refractivity (Wildman–Crippen MR) is 200 cm³/mol. The first kappa shape index (κ1) is 34.5. The number of imide groups is 2. The standard InChI is InChI=1S/C38H41N11O6/c1-44-13-14-48(37(44)55)25-3-2-12-45(17-25)29-16-40-31(32(39)51)33(42-29)41-22-4-6-23(7-5-22)46-18-38(19-46)20-47(21-38)24-8-9-26-27(15-24)36(54)49(35(26)53)28-10-11-30(50)43-34(28)52/h4-9,15-16,25,28H,2-3,10-14,17-21H2,1H3,(H2,39,51)(H,41,42)(H,43,50,52). The topological polar surface area (TPSA) is 198 Å². The van der Waals surface area contributed by atoms with E-state index in [0.717, 1.165) is 67.5 Å². The number of nitrogens with zero attached hydrogens (tertiary/aromatic N) is 8. The zero-order chi connectivity index (χ0) is 38.2. The lowest BCUT2D eigenvalue weighted by Gasteiger charge is -2.61. The van der Waals surface area contributed by atoms with Crippen LogP contribution in [0.2, 0.25) is 0 Å². The summed E-state index contributed by atoms with van der Waals surface area (Å²) in [5.74, 6) is -1.85. The van der Waals surface area contributed by atoms with Crippen LogP contribution in [0.1, 0.15) is 56.9 Å². The third kappa shape index (κ3) is 5.93. The molecule has 5 fully saturated rings. The minimum Gasteiger partial charge on any atom is -0.370 e. The molecule has 7 amide bonds. The number of nitrogens with two attached hydrogens (primary N) is 1. The van der Waals surface area contributed by atoms with Gasteiger partial charge in [0.25, 0.3) is 17.7 Å². The van der Waals surface area contributed by atoms with E-state index in [1.165, 1.54) is 0 Å². The van der Waals surface area contributed by atoms with Gasteiger partial charge in [-0.1, -0.05) is 0 Å². The number of carbonyl (C=O) groups is 6. The van der Waals surface area contributed by atoms with E-state index in [9.17, 15) is 28.8 Å². The Morgan fingerprint density at radius 3 is 2.27 bits per heavy atom. The van der Waals surface area contributed by atoms with E-state index in [4.69, 9.17) is 10.7 Å². The first-order valence-corrected chi connectivity index (χ1v) is 18.6. The van der Waals surface area contributed by atoms with Crippen LogP contribution in [0.5, 0.6) is 0 Å². The van der Waals surface area contributed by atoms with Crippen molar-refractivity contribution in [3.05, 3.63) is 65.5 Å². The van der Waals surface area contributed by atoms with Gasteiger partial charge < -0.3 is 35.6 Å². The van der Waals surface area contributed by atoms with Gasteiger partial charge in [-0.05, 0) is 61.7 Å². The molecular formula is C38H41N11O6. The summed E-state index contributed by atoms with van der Waals surface area (Å²) < 4.78 is 0. The summed E-state index contributed by atoms with van der Waals surface area (Å²) in [6.07, 6.45) is 3.59. The van der Waals surface area contributed by atoms with Crippen LogP contribution in [-0.4, -0.2) is 132 Å². The highest BCUT2D eigenvalue weighted by molar-refractivity contribution is 6.23. The number of amides is 7. The number of hydrogen-bond donors (Lipinski definition) is 3. The van der Waals surface area contributed by atoms with Gasteiger partial charge in [-0.15, -0.1) is 0 Å².